The van der Waals surface area contributed by atoms with Gasteiger partial charge in [-0.05, 0) is 33.3 Å². The molecule has 0 saturated carbocycles. The zero-order chi connectivity index (χ0) is 20.0. The van der Waals surface area contributed by atoms with Crippen LogP contribution in [0, 0.1) is 0 Å². The number of benzene rings is 1. The molecule has 1 aromatic carbocycles. The van der Waals surface area contributed by atoms with Crippen molar-refractivity contribution in [2.24, 2.45) is 0 Å². The fourth-order valence-electron chi connectivity index (χ4n) is 2.31. The maximum atomic E-state index is 12.8. The zero-order valence-electron chi connectivity index (χ0n) is 15.6. The number of nitrogens with one attached hydrogen (secondary N) is 1. The molecule has 0 saturated heterocycles. The highest BCUT2D eigenvalue weighted by Crippen LogP contribution is 2.27. The minimum atomic E-state index is -3.75. The topological polar surface area (TPSA) is 110 Å². The second-order valence-corrected chi connectivity index (χ2v) is 9.79. The molecular weight excluding hydrogens is 358 g/mol. The average Bonchev–Trinajstić information content (AvgIpc) is 2.52. The molecule has 0 aliphatic rings. The van der Waals surface area contributed by atoms with E-state index >= 15 is 0 Å². The summed E-state index contributed by atoms with van der Waals surface area (Å²) in [5.74, 6) is -2.09. The van der Waals surface area contributed by atoms with Crippen molar-refractivity contribution in [1.29, 1.82) is 0 Å². The van der Waals surface area contributed by atoms with Gasteiger partial charge in [0, 0.05) is 12.0 Å². The van der Waals surface area contributed by atoms with E-state index in [2.05, 4.69) is 5.32 Å². The quantitative estimate of drug-likeness (QED) is 0.676. The number of carbonyl (C=O) groups is 2. The van der Waals surface area contributed by atoms with Crippen LogP contribution in [-0.2, 0) is 19.4 Å². The summed E-state index contributed by atoms with van der Waals surface area (Å²) >= 11 is 0. The molecular formula is C18H27NO6S. The van der Waals surface area contributed by atoms with Crippen LogP contribution in [0.4, 0.5) is 4.79 Å². The van der Waals surface area contributed by atoms with Crippen LogP contribution in [0.5, 0.6) is 0 Å². The molecule has 8 heteroatoms. The average molecular weight is 385 g/mol. The van der Waals surface area contributed by atoms with Crippen LogP contribution in [0.3, 0.4) is 0 Å². The van der Waals surface area contributed by atoms with Crippen molar-refractivity contribution in [2.75, 3.05) is 12.4 Å². The molecule has 0 heterocycles. The summed E-state index contributed by atoms with van der Waals surface area (Å²) in [5.41, 5.74) is 0.646. The molecule has 1 atom stereocenters. The first-order valence-electron chi connectivity index (χ1n) is 8.37. The summed E-state index contributed by atoms with van der Waals surface area (Å²) < 4.78 is 29.4. The van der Waals surface area contributed by atoms with Gasteiger partial charge in [-0.3, -0.25) is 4.79 Å². The van der Waals surface area contributed by atoms with Crippen LogP contribution in [-0.4, -0.2) is 48.7 Å². The predicted octanol–water partition coefficient (Wildman–Crippen LogP) is 2.57. The number of carboxylic acid groups (broad SMARTS) is 1. The third-order valence-corrected chi connectivity index (χ3v) is 6.55. The lowest BCUT2D eigenvalue weighted by Gasteiger charge is -2.27. The largest absolute Gasteiger partial charge is 0.481 e. The van der Waals surface area contributed by atoms with Crippen molar-refractivity contribution >= 4 is 21.9 Å². The van der Waals surface area contributed by atoms with E-state index in [0.29, 0.717) is 5.56 Å². The maximum Gasteiger partial charge on any atom is 0.407 e. The van der Waals surface area contributed by atoms with Gasteiger partial charge in [-0.1, -0.05) is 30.3 Å². The lowest BCUT2D eigenvalue weighted by molar-refractivity contribution is -0.137. The summed E-state index contributed by atoms with van der Waals surface area (Å²) in [6, 6.07) is 8.55. The molecule has 2 N–H and O–H groups in total. The van der Waals surface area contributed by atoms with Crippen LogP contribution < -0.4 is 5.32 Å². The Kier molecular flexibility index (Phi) is 7.62. The highest BCUT2D eigenvalue weighted by atomic mass is 32.2. The predicted molar refractivity (Wildman–Crippen MR) is 98.9 cm³/mol. The van der Waals surface area contributed by atoms with Crippen molar-refractivity contribution in [3.8, 4) is 0 Å². The fraction of sp³-hybridized carbons (Fsp3) is 0.556. The second-order valence-electron chi connectivity index (χ2n) is 7.12. The van der Waals surface area contributed by atoms with Crippen molar-refractivity contribution in [3.63, 3.8) is 0 Å². The van der Waals surface area contributed by atoms with Crippen molar-refractivity contribution in [3.05, 3.63) is 35.9 Å². The molecule has 0 bridgehead atoms. The Morgan fingerprint density at radius 1 is 1.19 bits per heavy atom. The highest BCUT2D eigenvalue weighted by molar-refractivity contribution is 7.92. The lowest BCUT2D eigenvalue weighted by Crippen LogP contribution is -2.42. The van der Waals surface area contributed by atoms with Crippen LogP contribution in [0.2, 0.25) is 0 Å². The number of hydrogen-bond donors (Lipinski definition) is 2. The van der Waals surface area contributed by atoms with Gasteiger partial charge in [-0.25, -0.2) is 13.2 Å². The summed E-state index contributed by atoms with van der Waals surface area (Å²) in [6.45, 7) is 6.14. The van der Waals surface area contributed by atoms with E-state index in [0.717, 1.165) is 0 Å². The Balaban J connectivity index is 2.91. The molecule has 0 aliphatic carbocycles. The molecule has 0 aliphatic heterocycles. The molecule has 26 heavy (non-hydrogen) atoms. The number of ether oxygens (including phenoxy) is 1. The van der Waals surface area contributed by atoms with Crippen LogP contribution >= 0.6 is 0 Å². The van der Waals surface area contributed by atoms with Crippen molar-refractivity contribution in [1.82, 2.24) is 5.32 Å². The first-order chi connectivity index (χ1) is 11.9. The van der Waals surface area contributed by atoms with Crippen LogP contribution in [0.1, 0.15) is 45.6 Å². The van der Waals surface area contributed by atoms with E-state index in [1.165, 1.54) is 13.8 Å². The number of sulfone groups is 1. The zero-order valence-corrected chi connectivity index (χ0v) is 16.4. The fourth-order valence-corrected chi connectivity index (χ4v) is 3.84. The number of carboxylic acids is 1. The molecule has 1 aromatic rings. The third-order valence-electron chi connectivity index (χ3n) is 3.91. The molecule has 1 unspecified atom stereocenters. The lowest BCUT2D eigenvalue weighted by atomic mass is 9.98. The van der Waals surface area contributed by atoms with Gasteiger partial charge in [0.05, 0.1) is 12.2 Å². The Morgan fingerprint density at radius 3 is 2.27 bits per heavy atom. The van der Waals surface area contributed by atoms with Crippen molar-refractivity contribution < 1.29 is 27.9 Å². The molecule has 1 rings (SSSR count). The van der Waals surface area contributed by atoms with Gasteiger partial charge < -0.3 is 15.2 Å². The monoisotopic (exact) mass is 385 g/mol. The Bertz CT molecular complexity index is 712. The third kappa shape index (κ3) is 6.67. The number of rotatable bonds is 9. The van der Waals surface area contributed by atoms with Gasteiger partial charge in [0.2, 0.25) is 0 Å². The van der Waals surface area contributed by atoms with Gasteiger partial charge in [0.25, 0.3) is 0 Å². The van der Waals surface area contributed by atoms with Gasteiger partial charge in [0.15, 0.2) is 9.84 Å². The smallest absolute Gasteiger partial charge is 0.407 e. The van der Waals surface area contributed by atoms with E-state index in [1.807, 2.05) is 0 Å². The van der Waals surface area contributed by atoms with Crippen LogP contribution in [0.15, 0.2) is 30.3 Å². The Morgan fingerprint density at radius 2 is 1.77 bits per heavy atom. The Hall–Kier alpha value is -2.09. The van der Waals surface area contributed by atoms with E-state index < -0.39 is 32.6 Å². The first kappa shape index (κ1) is 22.0. The van der Waals surface area contributed by atoms with E-state index in [4.69, 9.17) is 9.84 Å². The number of hydrogen-bond acceptors (Lipinski definition) is 5. The molecule has 7 nitrogen and oxygen atoms in total. The number of aliphatic carboxylic acids is 1. The summed E-state index contributed by atoms with van der Waals surface area (Å²) in [5, 5.41) is 11.7. The van der Waals surface area contributed by atoms with E-state index in [9.17, 15) is 18.0 Å². The summed E-state index contributed by atoms with van der Waals surface area (Å²) in [4.78, 5) is 22.8. The SMILES string of the molecule is CC(C)NC(=O)OCC(C)(C)S(=O)(=O)CC(CC(=O)O)c1ccccc1. The summed E-state index contributed by atoms with van der Waals surface area (Å²) in [6.07, 6.45) is -0.984. The molecule has 0 spiro atoms. The minimum Gasteiger partial charge on any atom is -0.481 e. The minimum absolute atomic E-state index is 0.125. The van der Waals surface area contributed by atoms with Gasteiger partial charge in [-0.15, -0.1) is 0 Å². The highest BCUT2D eigenvalue weighted by Gasteiger charge is 2.38. The van der Waals surface area contributed by atoms with Gasteiger partial charge in [0.1, 0.15) is 11.4 Å². The molecule has 0 radical (unpaired) electrons. The number of carbonyl (C=O) groups excluding carboxylic acids is 1. The van der Waals surface area contributed by atoms with Crippen LogP contribution in [0.25, 0.3) is 0 Å². The molecule has 1 amide bonds. The van der Waals surface area contributed by atoms with E-state index in [-0.39, 0.29) is 24.8 Å². The maximum absolute atomic E-state index is 12.8. The molecule has 146 valence electrons. The standard InChI is InChI=1S/C18H27NO6S/c1-13(2)19-17(22)25-12-18(3,4)26(23,24)11-15(10-16(20)21)14-8-6-5-7-9-14/h5-9,13,15H,10-12H2,1-4H3,(H,19,22)(H,20,21). The number of alkyl carbamates (subject to hydrolysis) is 1. The number of amides is 1. The van der Waals surface area contributed by atoms with Gasteiger partial charge >= 0.3 is 12.1 Å². The first-order valence-corrected chi connectivity index (χ1v) is 10.0. The van der Waals surface area contributed by atoms with E-state index in [1.54, 1.807) is 44.2 Å². The molecule has 0 aromatic heterocycles. The summed E-state index contributed by atoms with van der Waals surface area (Å²) in [7, 11) is -3.75. The molecule has 0 fully saturated rings. The Labute approximate surface area is 154 Å². The van der Waals surface area contributed by atoms with Gasteiger partial charge in [-0.2, -0.15) is 0 Å². The second kappa shape index (κ2) is 9.02. The van der Waals surface area contributed by atoms with Crippen molar-refractivity contribution in [2.45, 2.75) is 50.8 Å². The normalized spacial score (nSPS) is 13.3.